The molecule has 0 heterocycles. The van der Waals surface area contributed by atoms with Gasteiger partial charge in [0.25, 0.3) is 15.9 Å². The number of benzene rings is 3. The van der Waals surface area contributed by atoms with Crippen molar-refractivity contribution in [2.45, 2.75) is 18.0 Å². The van der Waals surface area contributed by atoms with Crippen molar-refractivity contribution in [2.75, 3.05) is 10.0 Å². The molecule has 31 heavy (non-hydrogen) atoms. The molecule has 3 rings (SSSR count). The highest BCUT2D eigenvalue weighted by molar-refractivity contribution is 7.92. The summed E-state index contributed by atoms with van der Waals surface area (Å²) in [6, 6.07) is 14.9. The van der Waals surface area contributed by atoms with Crippen molar-refractivity contribution in [2.24, 2.45) is 0 Å². The minimum Gasteiger partial charge on any atom is -0.321 e. The second-order valence-corrected chi connectivity index (χ2v) is 8.68. The van der Waals surface area contributed by atoms with E-state index in [4.69, 9.17) is 11.6 Å². The Morgan fingerprint density at radius 2 is 1.65 bits per heavy atom. The molecule has 0 saturated carbocycles. The number of nitrogens with one attached hydrogen (secondary N) is 2. The summed E-state index contributed by atoms with van der Waals surface area (Å²) >= 11 is 5.64. The topological polar surface area (TPSA) is 75.3 Å². The first-order chi connectivity index (χ1) is 14.5. The van der Waals surface area contributed by atoms with Gasteiger partial charge in [0.1, 0.15) is 0 Å². The van der Waals surface area contributed by atoms with E-state index in [1.165, 1.54) is 18.2 Å². The predicted octanol–water partition coefficient (Wildman–Crippen LogP) is 5.72. The van der Waals surface area contributed by atoms with Gasteiger partial charge in [0.15, 0.2) is 0 Å². The molecule has 3 aromatic carbocycles. The molecule has 0 unspecified atom stereocenters. The number of carbonyl (C=O) groups is 1. The Labute approximate surface area is 181 Å². The summed E-state index contributed by atoms with van der Waals surface area (Å²) in [5.41, 5.74) is -1.04. The van der Waals surface area contributed by atoms with E-state index in [-0.39, 0.29) is 15.5 Å². The summed E-state index contributed by atoms with van der Waals surface area (Å²) in [5, 5.41) is 2.04. The van der Waals surface area contributed by atoms with Crippen molar-refractivity contribution >= 4 is 38.9 Å². The van der Waals surface area contributed by atoms with Crippen LogP contribution in [-0.2, 0) is 16.2 Å². The van der Waals surface area contributed by atoms with E-state index in [2.05, 4.69) is 10.0 Å². The van der Waals surface area contributed by atoms with Gasteiger partial charge in [-0.2, -0.15) is 13.2 Å². The van der Waals surface area contributed by atoms with Gasteiger partial charge in [-0.05, 0) is 55.0 Å². The van der Waals surface area contributed by atoms with Crippen LogP contribution in [0.4, 0.5) is 24.5 Å². The lowest BCUT2D eigenvalue weighted by atomic mass is 10.1. The maximum Gasteiger partial charge on any atom is 0.418 e. The minimum absolute atomic E-state index is 0.123. The van der Waals surface area contributed by atoms with Gasteiger partial charge in [-0.1, -0.05) is 35.9 Å². The van der Waals surface area contributed by atoms with Crippen molar-refractivity contribution in [3.8, 4) is 0 Å². The van der Waals surface area contributed by atoms with Crippen LogP contribution in [0.1, 0.15) is 21.5 Å². The molecule has 0 atom stereocenters. The molecule has 3 aromatic rings. The van der Waals surface area contributed by atoms with Crippen molar-refractivity contribution < 1.29 is 26.4 Å². The molecule has 0 saturated heterocycles. The first-order valence-electron chi connectivity index (χ1n) is 8.84. The standard InChI is InChI=1S/C21H16ClF3N2O3S/c1-13-7-8-14(11-19(13)31(29,30)27-16-5-3-2-4-6-16)20(28)26-18-10-9-15(22)12-17(18)21(23,24)25/h2-12,27H,1H3,(H,26,28). The molecule has 5 nitrogen and oxygen atoms in total. The summed E-state index contributed by atoms with van der Waals surface area (Å²) in [7, 11) is -4.04. The first kappa shape index (κ1) is 22.6. The smallest absolute Gasteiger partial charge is 0.321 e. The Balaban J connectivity index is 1.93. The highest BCUT2D eigenvalue weighted by Crippen LogP contribution is 2.36. The number of halogens is 4. The molecule has 2 N–H and O–H groups in total. The van der Waals surface area contributed by atoms with E-state index in [0.29, 0.717) is 17.3 Å². The quantitative estimate of drug-likeness (QED) is 0.503. The minimum atomic E-state index is -4.74. The third-order valence-electron chi connectivity index (χ3n) is 4.30. The number of carbonyl (C=O) groups excluding carboxylic acids is 1. The maximum atomic E-state index is 13.3. The lowest BCUT2D eigenvalue weighted by Gasteiger charge is -2.15. The number of aryl methyl sites for hydroxylation is 1. The summed E-state index contributed by atoms with van der Waals surface area (Å²) in [4.78, 5) is 12.4. The van der Waals surface area contributed by atoms with E-state index in [0.717, 1.165) is 12.1 Å². The second-order valence-electron chi connectivity index (χ2n) is 6.59. The normalized spacial score (nSPS) is 11.8. The van der Waals surface area contributed by atoms with Gasteiger partial charge in [0.2, 0.25) is 0 Å². The predicted molar refractivity (Wildman–Crippen MR) is 113 cm³/mol. The lowest BCUT2D eigenvalue weighted by molar-refractivity contribution is -0.136. The molecule has 0 spiro atoms. The van der Waals surface area contributed by atoms with Gasteiger partial charge in [-0.15, -0.1) is 0 Å². The molecule has 10 heteroatoms. The van der Waals surface area contributed by atoms with Gasteiger partial charge in [0.05, 0.1) is 16.1 Å². The average Bonchev–Trinajstić information content (AvgIpc) is 2.69. The third kappa shape index (κ3) is 5.36. The van der Waals surface area contributed by atoms with Crippen LogP contribution in [-0.4, -0.2) is 14.3 Å². The number of para-hydroxylation sites is 1. The van der Waals surface area contributed by atoms with Gasteiger partial charge in [-0.3, -0.25) is 9.52 Å². The largest absolute Gasteiger partial charge is 0.418 e. The van der Waals surface area contributed by atoms with Crippen LogP contribution in [0.25, 0.3) is 0 Å². The van der Waals surface area contributed by atoms with Crippen molar-refractivity contribution in [3.63, 3.8) is 0 Å². The van der Waals surface area contributed by atoms with Gasteiger partial charge < -0.3 is 5.32 Å². The fourth-order valence-electron chi connectivity index (χ4n) is 2.80. The Morgan fingerprint density at radius 3 is 2.29 bits per heavy atom. The van der Waals surface area contributed by atoms with Crippen LogP contribution in [0.3, 0.4) is 0 Å². The molecule has 0 bridgehead atoms. The Hall–Kier alpha value is -3.04. The highest BCUT2D eigenvalue weighted by atomic mass is 35.5. The first-order valence-corrected chi connectivity index (χ1v) is 10.7. The fourth-order valence-corrected chi connectivity index (χ4v) is 4.30. The number of rotatable bonds is 5. The Bertz CT molecular complexity index is 1230. The number of alkyl halides is 3. The Kier molecular flexibility index (Phi) is 6.28. The van der Waals surface area contributed by atoms with Crippen LogP contribution in [0.2, 0.25) is 5.02 Å². The van der Waals surface area contributed by atoms with Gasteiger partial charge in [-0.25, -0.2) is 8.42 Å². The highest BCUT2D eigenvalue weighted by Gasteiger charge is 2.34. The molecule has 0 aliphatic rings. The van der Waals surface area contributed by atoms with E-state index in [1.54, 1.807) is 37.3 Å². The molecule has 0 fully saturated rings. The summed E-state index contributed by atoms with van der Waals surface area (Å²) < 4.78 is 67.7. The van der Waals surface area contributed by atoms with E-state index >= 15 is 0 Å². The Morgan fingerprint density at radius 1 is 0.968 bits per heavy atom. The van der Waals surface area contributed by atoms with Gasteiger partial charge in [0, 0.05) is 16.3 Å². The molecular weight excluding hydrogens is 453 g/mol. The van der Waals surface area contributed by atoms with Crippen LogP contribution in [0.15, 0.2) is 71.6 Å². The summed E-state index contributed by atoms with van der Waals surface area (Å²) in [6.45, 7) is 1.54. The van der Waals surface area contributed by atoms with Crippen LogP contribution >= 0.6 is 11.6 Å². The average molecular weight is 469 g/mol. The zero-order valence-electron chi connectivity index (χ0n) is 16.0. The van der Waals surface area contributed by atoms with Gasteiger partial charge >= 0.3 is 6.18 Å². The van der Waals surface area contributed by atoms with E-state index < -0.39 is 33.4 Å². The zero-order chi connectivity index (χ0) is 22.8. The van der Waals surface area contributed by atoms with Crippen LogP contribution < -0.4 is 10.0 Å². The molecule has 0 radical (unpaired) electrons. The third-order valence-corrected chi connectivity index (χ3v) is 6.06. The van der Waals surface area contributed by atoms with Crippen molar-refractivity contribution in [3.05, 3.63) is 88.4 Å². The second kappa shape index (κ2) is 8.60. The SMILES string of the molecule is Cc1ccc(C(=O)Nc2ccc(Cl)cc2C(F)(F)F)cc1S(=O)(=O)Nc1ccccc1. The molecular formula is C21H16ClF3N2O3S. The molecule has 1 amide bonds. The van der Waals surface area contributed by atoms with E-state index in [1.807, 2.05) is 0 Å². The summed E-state index contributed by atoms with van der Waals surface area (Å²) in [5.74, 6) is -0.899. The summed E-state index contributed by atoms with van der Waals surface area (Å²) in [6.07, 6.45) is -4.74. The fraction of sp³-hybridized carbons (Fsp3) is 0.0952. The van der Waals surface area contributed by atoms with E-state index in [9.17, 15) is 26.4 Å². The number of anilines is 2. The van der Waals surface area contributed by atoms with Crippen molar-refractivity contribution in [1.29, 1.82) is 0 Å². The maximum absolute atomic E-state index is 13.3. The zero-order valence-corrected chi connectivity index (χ0v) is 17.6. The molecule has 0 aliphatic heterocycles. The molecule has 0 aliphatic carbocycles. The number of hydrogen-bond acceptors (Lipinski definition) is 3. The number of amides is 1. The lowest BCUT2D eigenvalue weighted by Crippen LogP contribution is -2.19. The van der Waals surface area contributed by atoms with Crippen LogP contribution in [0.5, 0.6) is 0 Å². The molecule has 0 aromatic heterocycles. The number of hydrogen-bond donors (Lipinski definition) is 2. The number of sulfonamides is 1. The molecule has 162 valence electrons. The monoisotopic (exact) mass is 468 g/mol. The van der Waals surface area contributed by atoms with Crippen molar-refractivity contribution in [1.82, 2.24) is 0 Å². The van der Waals surface area contributed by atoms with Crippen LogP contribution in [0, 0.1) is 6.92 Å².